The lowest BCUT2D eigenvalue weighted by molar-refractivity contribution is 0.0518. The van der Waals surface area contributed by atoms with Gasteiger partial charge in [-0.1, -0.05) is 36.4 Å². The standard InChI is InChI=1S/C21H19N3O3/c1-4-27-21(26)17-12(2)19-20(25)22-18(13(3)24(19)23-17)16-10-9-14-7-5-6-8-15(14)11-16/h5-11H,4H2,1-3H3,(H,22,25). The lowest BCUT2D eigenvalue weighted by Crippen LogP contribution is -2.14. The minimum atomic E-state index is -0.523. The van der Waals surface area contributed by atoms with E-state index in [1.165, 1.54) is 4.52 Å². The highest BCUT2D eigenvalue weighted by Crippen LogP contribution is 2.26. The molecule has 2 aromatic carbocycles. The first kappa shape index (κ1) is 17.0. The topological polar surface area (TPSA) is 76.5 Å². The molecule has 0 aliphatic rings. The van der Waals surface area contributed by atoms with Crippen molar-refractivity contribution in [3.63, 3.8) is 0 Å². The number of carbonyl (C=O) groups is 1. The van der Waals surface area contributed by atoms with Crippen LogP contribution < -0.4 is 5.56 Å². The van der Waals surface area contributed by atoms with Crippen LogP contribution in [-0.2, 0) is 4.74 Å². The molecule has 0 saturated carbocycles. The number of H-pyrrole nitrogens is 1. The fourth-order valence-corrected chi connectivity index (χ4v) is 3.39. The van der Waals surface area contributed by atoms with Crippen LogP contribution in [0.15, 0.2) is 47.3 Å². The number of aryl methyl sites for hydroxylation is 2. The zero-order valence-electron chi connectivity index (χ0n) is 15.4. The second kappa shape index (κ2) is 6.39. The van der Waals surface area contributed by atoms with E-state index in [-0.39, 0.29) is 17.9 Å². The Kier molecular flexibility index (Phi) is 4.03. The van der Waals surface area contributed by atoms with Gasteiger partial charge < -0.3 is 9.72 Å². The summed E-state index contributed by atoms with van der Waals surface area (Å²) in [5, 5.41) is 6.57. The molecule has 0 fully saturated rings. The average molecular weight is 361 g/mol. The number of hydrogen-bond donors (Lipinski definition) is 1. The Hall–Kier alpha value is -3.41. The summed E-state index contributed by atoms with van der Waals surface area (Å²) in [6.07, 6.45) is 0. The third kappa shape index (κ3) is 2.70. The molecule has 0 unspecified atom stereocenters. The molecule has 0 bridgehead atoms. The number of ether oxygens (including phenoxy) is 1. The van der Waals surface area contributed by atoms with E-state index in [0.717, 1.165) is 22.0 Å². The fourth-order valence-electron chi connectivity index (χ4n) is 3.39. The first-order valence-corrected chi connectivity index (χ1v) is 8.79. The molecule has 0 amide bonds. The minimum Gasteiger partial charge on any atom is -0.461 e. The number of hydrogen-bond acceptors (Lipinski definition) is 4. The lowest BCUT2D eigenvalue weighted by atomic mass is 10.0. The van der Waals surface area contributed by atoms with Crippen molar-refractivity contribution in [2.24, 2.45) is 0 Å². The zero-order valence-corrected chi connectivity index (χ0v) is 15.4. The fraction of sp³-hybridized carbons (Fsp3) is 0.190. The number of esters is 1. The molecule has 0 atom stereocenters. The van der Waals surface area contributed by atoms with Gasteiger partial charge in [0.2, 0.25) is 0 Å². The van der Waals surface area contributed by atoms with E-state index in [1.54, 1.807) is 13.8 Å². The molecule has 0 aliphatic heterocycles. The van der Waals surface area contributed by atoms with Gasteiger partial charge in [0.1, 0.15) is 5.52 Å². The van der Waals surface area contributed by atoms with Crippen molar-refractivity contribution in [1.29, 1.82) is 0 Å². The number of nitrogens with one attached hydrogen (secondary N) is 1. The van der Waals surface area contributed by atoms with Crippen LogP contribution in [0, 0.1) is 13.8 Å². The predicted molar refractivity (Wildman–Crippen MR) is 104 cm³/mol. The summed E-state index contributed by atoms with van der Waals surface area (Å²) in [5.74, 6) is -0.523. The highest BCUT2D eigenvalue weighted by Gasteiger charge is 2.22. The van der Waals surface area contributed by atoms with Gasteiger partial charge in [-0.2, -0.15) is 5.10 Å². The molecule has 0 saturated heterocycles. The van der Waals surface area contributed by atoms with Crippen molar-refractivity contribution in [2.45, 2.75) is 20.8 Å². The van der Waals surface area contributed by atoms with Crippen LogP contribution in [0.5, 0.6) is 0 Å². The second-order valence-corrected chi connectivity index (χ2v) is 6.43. The van der Waals surface area contributed by atoms with Gasteiger partial charge in [-0.3, -0.25) is 4.79 Å². The van der Waals surface area contributed by atoms with Gasteiger partial charge in [0.05, 0.1) is 18.0 Å². The summed E-state index contributed by atoms with van der Waals surface area (Å²) in [6, 6.07) is 14.1. The Morgan fingerprint density at radius 2 is 1.89 bits per heavy atom. The lowest BCUT2D eigenvalue weighted by Gasteiger charge is -2.09. The largest absolute Gasteiger partial charge is 0.461 e. The molecule has 27 heavy (non-hydrogen) atoms. The average Bonchev–Trinajstić information content (AvgIpc) is 3.03. The van der Waals surface area contributed by atoms with Gasteiger partial charge in [0.15, 0.2) is 5.69 Å². The molecule has 4 rings (SSSR count). The van der Waals surface area contributed by atoms with Gasteiger partial charge in [0.25, 0.3) is 5.56 Å². The van der Waals surface area contributed by atoms with Crippen LogP contribution in [0.4, 0.5) is 0 Å². The van der Waals surface area contributed by atoms with E-state index in [4.69, 9.17) is 4.74 Å². The molecule has 6 heteroatoms. The Labute approximate surface area is 155 Å². The Morgan fingerprint density at radius 3 is 2.63 bits per heavy atom. The summed E-state index contributed by atoms with van der Waals surface area (Å²) >= 11 is 0. The summed E-state index contributed by atoms with van der Waals surface area (Å²) in [4.78, 5) is 27.8. The Morgan fingerprint density at radius 1 is 1.15 bits per heavy atom. The van der Waals surface area contributed by atoms with E-state index in [2.05, 4.69) is 10.1 Å². The quantitative estimate of drug-likeness (QED) is 0.565. The maximum Gasteiger partial charge on any atom is 0.359 e. The van der Waals surface area contributed by atoms with E-state index in [0.29, 0.717) is 16.8 Å². The third-order valence-corrected chi connectivity index (χ3v) is 4.76. The summed E-state index contributed by atoms with van der Waals surface area (Å²) in [5.41, 5.74) is 3.07. The molecule has 2 aromatic heterocycles. The number of rotatable bonds is 3. The maximum atomic E-state index is 12.7. The maximum absolute atomic E-state index is 12.7. The first-order chi connectivity index (χ1) is 13.0. The number of aromatic nitrogens is 3. The van der Waals surface area contributed by atoms with Crippen molar-refractivity contribution in [2.75, 3.05) is 6.61 Å². The number of nitrogens with zero attached hydrogens (tertiary/aromatic N) is 2. The van der Waals surface area contributed by atoms with Crippen molar-refractivity contribution < 1.29 is 9.53 Å². The van der Waals surface area contributed by atoms with Crippen molar-refractivity contribution >= 4 is 22.3 Å². The van der Waals surface area contributed by atoms with Gasteiger partial charge in [0, 0.05) is 11.1 Å². The van der Waals surface area contributed by atoms with Crippen LogP contribution in [-0.4, -0.2) is 27.2 Å². The van der Waals surface area contributed by atoms with Crippen LogP contribution >= 0.6 is 0 Å². The van der Waals surface area contributed by atoms with Crippen LogP contribution in [0.2, 0.25) is 0 Å². The van der Waals surface area contributed by atoms with E-state index in [1.807, 2.05) is 49.4 Å². The van der Waals surface area contributed by atoms with Gasteiger partial charge in [-0.15, -0.1) is 0 Å². The first-order valence-electron chi connectivity index (χ1n) is 8.79. The van der Waals surface area contributed by atoms with Crippen molar-refractivity contribution in [3.8, 4) is 11.3 Å². The monoisotopic (exact) mass is 361 g/mol. The molecule has 6 nitrogen and oxygen atoms in total. The van der Waals surface area contributed by atoms with E-state index < -0.39 is 5.97 Å². The number of aromatic amines is 1. The number of carbonyl (C=O) groups excluding carboxylic acids is 1. The molecule has 1 N–H and O–H groups in total. The highest BCUT2D eigenvalue weighted by molar-refractivity contribution is 5.91. The Balaban J connectivity index is 1.95. The van der Waals surface area contributed by atoms with Crippen molar-refractivity contribution in [1.82, 2.24) is 14.6 Å². The van der Waals surface area contributed by atoms with Crippen LogP contribution in [0.25, 0.3) is 27.5 Å². The molecule has 0 spiro atoms. The molecule has 0 aliphatic carbocycles. The smallest absolute Gasteiger partial charge is 0.359 e. The Bertz CT molecular complexity index is 1250. The van der Waals surface area contributed by atoms with Crippen molar-refractivity contribution in [3.05, 3.63) is 69.8 Å². The summed E-state index contributed by atoms with van der Waals surface area (Å²) in [6.45, 7) is 5.57. The molecular formula is C21H19N3O3. The summed E-state index contributed by atoms with van der Waals surface area (Å²) in [7, 11) is 0. The second-order valence-electron chi connectivity index (χ2n) is 6.43. The zero-order chi connectivity index (χ0) is 19.1. The molecular weight excluding hydrogens is 342 g/mol. The van der Waals surface area contributed by atoms with Gasteiger partial charge in [-0.05, 0) is 37.6 Å². The highest BCUT2D eigenvalue weighted by atomic mass is 16.5. The molecule has 0 radical (unpaired) electrons. The number of benzene rings is 2. The van der Waals surface area contributed by atoms with Crippen LogP contribution in [0.1, 0.15) is 28.7 Å². The summed E-state index contributed by atoms with van der Waals surface area (Å²) < 4.78 is 6.59. The number of fused-ring (bicyclic) bond motifs is 2. The van der Waals surface area contributed by atoms with E-state index in [9.17, 15) is 9.59 Å². The van der Waals surface area contributed by atoms with E-state index >= 15 is 0 Å². The SMILES string of the molecule is CCOC(=O)c1nn2c(C)c(-c3ccc4ccccc4c3)[nH]c(=O)c2c1C. The third-order valence-electron chi connectivity index (χ3n) is 4.76. The molecule has 2 heterocycles. The predicted octanol–water partition coefficient (Wildman–Crippen LogP) is 3.64. The normalized spacial score (nSPS) is 11.2. The van der Waals surface area contributed by atoms with Gasteiger partial charge in [-0.25, -0.2) is 9.31 Å². The van der Waals surface area contributed by atoms with Gasteiger partial charge >= 0.3 is 5.97 Å². The minimum absolute atomic E-state index is 0.168. The molecule has 4 aromatic rings. The molecule has 136 valence electrons. The van der Waals surface area contributed by atoms with Crippen LogP contribution in [0.3, 0.4) is 0 Å².